The van der Waals surface area contributed by atoms with Crippen LogP contribution in [0.4, 0.5) is 0 Å². The molecule has 18 heavy (non-hydrogen) atoms. The van der Waals surface area contributed by atoms with Crippen LogP contribution in [0.1, 0.15) is 11.8 Å². The van der Waals surface area contributed by atoms with Gasteiger partial charge in [0.05, 0.1) is 0 Å². The Bertz CT molecular complexity index is 336. The van der Waals surface area contributed by atoms with Crippen LogP contribution in [-0.4, -0.2) is 38.1 Å². The monoisotopic (exact) mass is 285 g/mol. The van der Waals surface area contributed by atoms with Crippen LogP contribution in [0.3, 0.4) is 0 Å². The van der Waals surface area contributed by atoms with Crippen LogP contribution in [0.15, 0.2) is 22.5 Å². The summed E-state index contributed by atoms with van der Waals surface area (Å²) in [5, 5.41) is 8.82. The molecular formula is C13H23N3S2. The van der Waals surface area contributed by atoms with Gasteiger partial charge < -0.3 is 10.6 Å². The van der Waals surface area contributed by atoms with Gasteiger partial charge in [0, 0.05) is 30.8 Å². The van der Waals surface area contributed by atoms with E-state index < -0.39 is 0 Å². The maximum Gasteiger partial charge on any atom is 0.191 e. The summed E-state index contributed by atoms with van der Waals surface area (Å²) in [6, 6.07) is 4.32. The first-order valence-electron chi connectivity index (χ1n) is 6.22. The van der Waals surface area contributed by atoms with E-state index in [1.54, 1.807) is 0 Å². The van der Waals surface area contributed by atoms with E-state index in [9.17, 15) is 0 Å². The molecule has 2 N–H and O–H groups in total. The Labute approximate surface area is 118 Å². The highest BCUT2D eigenvalue weighted by Crippen LogP contribution is 2.13. The molecule has 3 nitrogen and oxygen atoms in total. The van der Waals surface area contributed by atoms with Crippen molar-refractivity contribution in [2.24, 2.45) is 10.9 Å². The smallest absolute Gasteiger partial charge is 0.191 e. The van der Waals surface area contributed by atoms with E-state index in [2.05, 4.69) is 46.3 Å². The number of hydrogen-bond donors (Lipinski definition) is 2. The van der Waals surface area contributed by atoms with Crippen molar-refractivity contribution in [1.82, 2.24) is 10.6 Å². The molecule has 102 valence electrons. The number of guanidine groups is 1. The first kappa shape index (κ1) is 15.4. The first-order valence-corrected chi connectivity index (χ1v) is 8.49. The largest absolute Gasteiger partial charge is 0.356 e. The third kappa shape index (κ3) is 6.31. The van der Waals surface area contributed by atoms with E-state index in [4.69, 9.17) is 0 Å². The van der Waals surface area contributed by atoms with Gasteiger partial charge in [-0.1, -0.05) is 13.0 Å². The molecule has 0 saturated carbocycles. The van der Waals surface area contributed by atoms with E-state index >= 15 is 0 Å². The molecule has 0 aliphatic rings. The minimum Gasteiger partial charge on any atom is -0.356 e. The lowest BCUT2D eigenvalue weighted by atomic mass is 10.1. The number of aliphatic imine (C=N–C) groups is 1. The third-order valence-electron chi connectivity index (χ3n) is 2.57. The van der Waals surface area contributed by atoms with E-state index in [1.165, 1.54) is 4.88 Å². The number of nitrogens with zero attached hydrogens (tertiary/aromatic N) is 1. The molecule has 0 fully saturated rings. The molecule has 0 aliphatic carbocycles. The van der Waals surface area contributed by atoms with E-state index in [0.29, 0.717) is 5.92 Å². The van der Waals surface area contributed by atoms with E-state index in [1.807, 2.05) is 30.1 Å². The second-order valence-electron chi connectivity index (χ2n) is 4.26. The predicted octanol–water partition coefficient (Wildman–Crippen LogP) is 2.45. The molecule has 0 bridgehead atoms. The quantitative estimate of drug-likeness (QED) is 0.459. The maximum absolute atomic E-state index is 4.22. The molecule has 1 aromatic rings. The molecule has 0 saturated heterocycles. The minimum absolute atomic E-state index is 0.614. The van der Waals surface area contributed by atoms with Gasteiger partial charge in [0.15, 0.2) is 5.96 Å². The van der Waals surface area contributed by atoms with Crippen LogP contribution in [0.2, 0.25) is 0 Å². The third-order valence-corrected chi connectivity index (χ3v) is 4.08. The Balaban J connectivity index is 2.21. The van der Waals surface area contributed by atoms with E-state index in [0.717, 1.165) is 31.2 Å². The van der Waals surface area contributed by atoms with E-state index in [-0.39, 0.29) is 0 Å². The second kappa shape index (κ2) is 9.28. The van der Waals surface area contributed by atoms with Gasteiger partial charge in [0.1, 0.15) is 0 Å². The summed E-state index contributed by atoms with van der Waals surface area (Å²) in [5.41, 5.74) is 0. The molecule has 0 spiro atoms. The molecule has 1 heterocycles. The Kier molecular flexibility index (Phi) is 7.93. The molecular weight excluding hydrogens is 262 g/mol. The van der Waals surface area contributed by atoms with Crippen molar-refractivity contribution in [3.8, 4) is 0 Å². The van der Waals surface area contributed by atoms with Crippen LogP contribution in [0, 0.1) is 5.92 Å². The zero-order valence-electron chi connectivity index (χ0n) is 11.4. The standard InChI is InChI=1S/C13H23N3S2/c1-11(9-12-5-4-7-18-12)10-16-13(14-2)15-6-8-17-3/h4-5,7,11H,6,8-10H2,1-3H3,(H2,14,15,16). The lowest BCUT2D eigenvalue weighted by Crippen LogP contribution is -2.40. The SMILES string of the molecule is CN=C(NCCSC)NCC(C)Cc1cccs1. The predicted molar refractivity (Wildman–Crippen MR) is 84.9 cm³/mol. The first-order chi connectivity index (χ1) is 8.76. The van der Waals surface area contributed by atoms with Gasteiger partial charge in [-0.2, -0.15) is 11.8 Å². The fourth-order valence-electron chi connectivity index (χ4n) is 1.61. The zero-order valence-corrected chi connectivity index (χ0v) is 13.0. The Hall–Kier alpha value is -0.680. The number of thiophene rings is 1. The number of rotatable bonds is 7. The fourth-order valence-corrected chi connectivity index (χ4v) is 2.78. The Morgan fingerprint density at radius 2 is 2.33 bits per heavy atom. The normalized spacial score (nSPS) is 13.4. The average Bonchev–Trinajstić information content (AvgIpc) is 2.86. The van der Waals surface area contributed by atoms with Crippen molar-refractivity contribution in [2.75, 3.05) is 32.1 Å². The van der Waals surface area contributed by atoms with Gasteiger partial charge in [0.25, 0.3) is 0 Å². The maximum atomic E-state index is 4.22. The van der Waals surface area contributed by atoms with Crippen molar-refractivity contribution in [1.29, 1.82) is 0 Å². The highest BCUT2D eigenvalue weighted by Gasteiger charge is 2.05. The highest BCUT2D eigenvalue weighted by atomic mass is 32.2. The minimum atomic E-state index is 0.614. The molecule has 1 atom stereocenters. The molecule has 0 aliphatic heterocycles. The highest BCUT2D eigenvalue weighted by molar-refractivity contribution is 7.98. The van der Waals surface area contributed by atoms with Gasteiger partial charge in [-0.3, -0.25) is 4.99 Å². The number of hydrogen-bond acceptors (Lipinski definition) is 3. The van der Waals surface area contributed by atoms with Crippen LogP contribution in [0.5, 0.6) is 0 Å². The summed E-state index contributed by atoms with van der Waals surface area (Å²) >= 11 is 3.67. The lowest BCUT2D eigenvalue weighted by molar-refractivity contribution is 0.563. The number of nitrogens with one attached hydrogen (secondary N) is 2. The summed E-state index contributed by atoms with van der Waals surface area (Å²) in [6.45, 7) is 4.18. The summed E-state index contributed by atoms with van der Waals surface area (Å²) in [7, 11) is 1.82. The van der Waals surface area contributed by atoms with Crippen LogP contribution in [0.25, 0.3) is 0 Å². The fraction of sp³-hybridized carbons (Fsp3) is 0.615. The van der Waals surface area contributed by atoms with Gasteiger partial charge in [-0.25, -0.2) is 0 Å². The molecule has 0 radical (unpaired) electrons. The van der Waals surface area contributed by atoms with Crippen LogP contribution in [-0.2, 0) is 6.42 Å². The summed E-state index contributed by atoms with van der Waals surface area (Å²) < 4.78 is 0. The van der Waals surface area contributed by atoms with Gasteiger partial charge in [0.2, 0.25) is 0 Å². The van der Waals surface area contributed by atoms with Crippen molar-refractivity contribution in [3.63, 3.8) is 0 Å². The zero-order chi connectivity index (χ0) is 13.2. The molecule has 1 unspecified atom stereocenters. The topological polar surface area (TPSA) is 36.4 Å². The van der Waals surface area contributed by atoms with Crippen molar-refractivity contribution < 1.29 is 0 Å². The van der Waals surface area contributed by atoms with Gasteiger partial charge in [-0.05, 0) is 30.0 Å². The number of thioether (sulfide) groups is 1. The van der Waals surface area contributed by atoms with Gasteiger partial charge >= 0.3 is 0 Å². The van der Waals surface area contributed by atoms with Crippen LogP contribution < -0.4 is 10.6 Å². The Morgan fingerprint density at radius 1 is 1.50 bits per heavy atom. The second-order valence-corrected chi connectivity index (χ2v) is 6.28. The molecule has 0 aromatic carbocycles. The van der Waals surface area contributed by atoms with Crippen molar-refractivity contribution in [2.45, 2.75) is 13.3 Å². The summed E-state index contributed by atoms with van der Waals surface area (Å²) in [5.74, 6) is 2.62. The Morgan fingerprint density at radius 3 is 2.94 bits per heavy atom. The lowest BCUT2D eigenvalue weighted by Gasteiger charge is -2.15. The van der Waals surface area contributed by atoms with Crippen molar-refractivity contribution in [3.05, 3.63) is 22.4 Å². The molecule has 1 aromatic heterocycles. The summed E-state index contributed by atoms with van der Waals surface area (Å²) in [4.78, 5) is 5.67. The van der Waals surface area contributed by atoms with Crippen LogP contribution >= 0.6 is 23.1 Å². The van der Waals surface area contributed by atoms with Crippen molar-refractivity contribution >= 4 is 29.1 Å². The molecule has 0 amide bonds. The molecule has 1 rings (SSSR count). The summed E-state index contributed by atoms with van der Waals surface area (Å²) in [6.07, 6.45) is 3.24. The average molecular weight is 285 g/mol. The molecule has 5 heteroatoms. The van der Waals surface area contributed by atoms with Gasteiger partial charge in [-0.15, -0.1) is 11.3 Å².